The third-order valence-corrected chi connectivity index (χ3v) is 5.22. The lowest BCUT2D eigenvalue weighted by Crippen LogP contribution is -2.36. The maximum absolute atomic E-state index is 12.3. The van der Waals surface area contributed by atoms with Crippen molar-refractivity contribution in [3.05, 3.63) is 34.6 Å². The monoisotopic (exact) mass is 276 g/mol. The summed E-state index contributed by atoms with van der Waals surface area (Å²) in [4.78, 5) is 14.7. The molecule has 2 aromatic rings. The van der Waals surface area contributed by atoms with E-state index < -0.39 is 0 Å². The van der Waals surface area contributed by atoms with E-state index in [9.17, 15) is 4.79 Å². The summed E-state index contributed by atoms with van der Waals surface area (Å²) in [5, 5.41) is 0.857. The van der Waals surface area contributed by atoms with Crippen LogP contribution in [-0.4, -0.2) is 21.9 Å². The van der Waals surface area contributed by atoms with Gasteiger partial charge < -0.3 is 0 Å². The molecular weight excluding hydrogens is 256 g/mol. The molecule has 3 rings (SSSR count). The second-order valence-corrected chi connectivity index (χ2v) is 6.45. The average molecular weight is 276 g/mol. The Morgan fingerprint density at radius 3 is 2.68 bits per heavy atom. The van der Waals surface area contributed by atoms with Gasteiger partial charge in [-0.3, -0.25) is 9.69 Å². The van der Waals surface area contributed by atoms with Crippen LogP contribution < -0.4 is 5.56 Å². The van der Waals surface area contributed by atoms with Crippen molar-refractivity contribution in [3.63, 3.8) is 0 Å². The second-order valence-electron chi connectivity index (χ2n) is 5.38. The highest BCUT2D eigenvalue weighted by atomic mass is 32.1. The van der Waals surface area contributed by atoms with Crippen LogP contribution in [0.5, 0.6) is 0 Å². The van der Waals surface area contributed by atoms with E-state index in [0.717, 1.165) is 35.8 Å². The molecule has 1 aliphatic heterocycles. The van der Waals surface area contributed by atoms with Crippen molar-refractivity contribution < 1.29 is 0 Å². The van der Waals surface area contributed by atoms with Gasteiger partial charge in [0.05, 0.1) is 16.8 Å². The van der Waals surface area contributed by atoms with Gasteiger partial charge in [-0.1, -0.05) is 37.0 Å². The molecule has 1 fully saturated rings. The number of likely N-dealkylation sites (tertiary alicyclic amines) is 1. The molecule has 1 aromatic carbocycles. The number of nitrogens with zero attached hydrogens (tertiary/aromatic N) is 2. The first-order valence-electron chi connectivity index (χ1n) is 7.09. The van der Waals surface area contributed by atoms with Crippen LogP contribution in [0.3, 0.4) is 0 Å². The topological polar surface area (TPSA) is 25.2 Å². The van der Waals surface area contributed by atoms with Crippen LogP contribution in [0.1, 0.15) is 26.2 Å². The largest absolute Gasteiger partial charge is 0.285 e. The smallest absolute Gasteiger partial charge is 0.269 e. The molecule has 0 aliphatic carbocycles. The van der Waals surface area contributed by atoms with Crippen LogP contribution in [0.2, 0.25) is 0 Å². The van der Waals surface area contributed by atoms with Crippen molar-refractivity contribution in [1.29, 1.82) is 0 Å². The molecule has 0 radical (unpaired) electrons. The molecule has 2 heterocycles. The van der Waals surface area contributed by atoms with Gasteiger partial charge >= 0.3 is 0 Å². The minimum Gasteiger partial charge on any atom is -0.285 e. The van der Waals surface area contributed by atoms with Gasteiger partial charge in [0.25, 0.3) is 5.56 Å². The van der Waals surface area contributed by atoms with E-state index in [-0.39, 0.29) is 5.56 Å². The van der Waals surface area contributed by atoms with Gasteiger partial charge in [0.15, 0.2) is 0 Å². The lowest BCUT2D eigenvalue weighted by Gasteiger charge is -2.31. The van der Waals surface area contributed by atoms with E-state index in [0.29, 0.717) is 0 Å². The Morgan fingerprint density at radius 1 is 1.26 bits per heavy atom. The molecule has 0 atom stereocenters. The van der Waals surface area contributed by atoms with E-state index in [2.05, 4.69) is 11.8 Å². The number of hydrogen-bond donors (Lipinski definition) is 0. The quantitative estimate of drug-likeness (QED) is 0.860. The summed E-state index contributed by atoms with van der Waals surface area (Å²) in [5.41, 5.74) is 0.165. The SMILES string of the molecule is CCC1CCN(Cn2sc3ccccc3c2=O)CC1. The Morgan fingerprint density at radius 2 is 2.00 bits per heavy atom. The summed E-state index contributed by atoms with van der Waals surface area (Å²) < 4.78 is 2.99. The maximum Gasteiger partial charge on any atom is 0.269 e. The fourth-order valence-corrected chi connectivity index (χ4v) is 3.86. The van der Waals surface area contributed by atoms with Crippen molar-refractivity contribution in [2.75, 3.05) is 13.1 Å². The zero-order chi connectivity index (χ0) is 13.2. The van der Waals surface area contributed by atoms with Crippen molar-refractivity contribution in [2.24, 2.45) is 5.92 Å². The maximum atomic E-state index is 12.3. The van der Waals surface area contributed by atoms with E-state index >= 15 is 0 Å². The van der Waals surface area contributed by atoms with Gasteiger partial charge in [0.1, 0.15) is 0 Å². The number of rotatable bonds is 3. The van der Waals surface area contributed by atoms with E-state index in [1.165, 1.54) is 19.3 Å². The Hall–Kier alpha value is -1.13. The lowest BCUT2D eigenvalue weighted by molar-refractivity contribution is 0.150. The first-order chi connectivity index (χ1) is 9.28. The highest BCUT2D eigenvalue weighted by Gasteiger charge is 2.18. The van der Waals surface area contributed by atoms with Crippen LogP contribution in [0.15, 0.2) is 29.1 Å². The highest BCUT2D eigenvalue weighted by Crippen LogP contribution is 2.21. The summed E-state index contributed by atoms with van der Waals surface area (Å²) in [6, 6.07) is 7.89. The Labute approximate surface area is 117 Å². The standard InChI is InChI=1S/C15H20N2OS/c1-2-12-7-9-16(10-8-12)11-17-15(18)13-5-3-4-6-14(13)19-17/h3-6,12H,2,7-11H2,1H3. The molecule has 102 valence electrons. The third kappa shape index (κ3) is 2.60. The fourth-order valence-electron chi connectivity index (χ4n) is 2.83. The fraction of sp³-hybridized carbons (Fsp3) is 0.533. The summed E-state index contributed by atoms with van der Waals surface area (Å²) in [7, 11) is 0. The molecule has 1 aromatic heterocycles. The number of benzene rings is 1. The normalized spacial score (nSPS) is 18.2. The van der Waals surface area contributed by atoms with Crippen molar-refractivity contribution in [3.8, 4) is 0 Å². The van der Waals surface area contributed by atoms with Crippen LogP contribution in [-0.2, 0) is 6.67 Å². The minimum atomic E-state index is 0.165. The molecule has 0 unspecified atom stereocenters. The zero-order valence-electron chi connectivity index (χ0n) is 11.3. The number of hydrogen-bond acceptors (Lipinski definition) is 3. The van der Waals surface area contributed by atoms with Gasteiger partial charge in [-0.25, -0.2) is 3.96 Å². The Balaban J connectivity index is 1.75. The Kier molecular flexibility index (Phi) is 3.71. The molecule has 4 heteroatoms. The number of fused-ring (bicyclic) bond motifs is 1. The van der Waals surface area contributed by atoms with Crippen molar-refractivity contribution >= 4 is 21.6 Å². The third-order valence-electron chi connectivity index (χ3n) is 4.17. The summed E-state index contributed by atoms with van der Waals surface area (Å²) in [6.07, 6.45) is 3.84. The number of piperidine rings is 1. The first-order valence-corrected chi connectivity index (χ1v) is 7.86. The number of aromatic nitrogens is 1. The van der Waals surface area contributed by atoms with E-state index in [1.54, 1.807) is 11.5 Å². The second kappa shape index (κ2) is 5.47. The molecule has 0 spiro atoms. The predicted octanol–water partition coefficient (Wildman–Crippen LogP) is 3.14. The van der Waals surface area contributed by atoms with Crippen molar-refractivity contribution in [1.82, 2.24) is 8.86 Å². The molecule has 1 aliphatic rings. The van der Waals surface area contributed by atoms with Crippen LogP contribution >= 0.6 is 11.5 Å². The van der Waals surface area contributed by atoms with Gasteiger partial charge in [0.2, 0.25) is 0 Å². The molecule has 0 N–H and O–H groups in total. The van der Waals surface area contributed by atoms with Crippen LogP contribution in [0.4, 0.5) is 0 Å². The summed E-state index contributed by atoms with van der Waals surface area (Å²) >= 11 is 1.59. The van der Waals surface area contributed by atoms with E-state index in [1.807, 2.05) is 28.2 Å². The molecular formula is C15H20N2OS. The molecule has 3 nitrogen and oxygen atoms in total. The van der Waals surface area contributed by atoms with Crippen LogP contribution in [0.25, 0.3) is 10.1 Å². The molecule has 0 saturated carbocycles. The van der Waals surface area contributed by atoms with Crippen LogP contribution in [0, 0.1) is 5.92 Å². The molecule has 0 bridgehead atoms. The first kappa shape index (κ1) is 12.9. The average Bonchev–Trinajstić information content (AvgIpc) is 2.77. The van der Waals surface area contributed by atoms with Gasteiger partial charge in [-0.15, -0.1) is 0 Å². The summed E-state index contributed by atoms with van der Waals surface area (Å²) in [5.74, 6) is 0.885. The minimum absolute atomic E-state index is 0.165. The van der Waals surface area contributed by atoms with Gasteiger partial charge in [-0.05, 0) is 30.9 Å². The molecule has 1 saturated heterocycles. The van der Waals surface area contributed by atoms with Gasteiger partial charge in [-0.2, -0.15) is 0 Å². The Bertz CT molecular complexity index is 608. The highest BCUT2D eigenvalue weighted by molar-refractivity contribution is 7.13. The predicted molar refractivity (Wildman–Crippen MR) is 80.7 cm³/mol. The lowest BCUT2D eigenvalue weighted by atomic mass is 9.95. The zero-order valence-corrected chi connectivity index (χ0v) is 12.2. The van der Waals surface area contributed by atoms with Crippen molar-refractivity contribution in [2.45, 2.75) is 32.9 Å². The summed E-state index contributed by atoms with van der Waals surface area (Å²) in [6.45, 7) is 5.28. The molecule has 0 amide bonds. The van der Waals surface area contributed by atoms with Gasteiger partial charge in [0, 0.05) is 13.1 Å². The van der Waals surface area contributed by atoms with E-state index in [4.69, 9.17) is 0 Å². The molecule has 19 heavy (non-hydrogen) atoms.